The summed E-state index contributed by atoms with van der Waals surface area (Å²) in [5, 5.41) is 6.43. The zero-order chi connectivity index (χ0) is 19.8. The summed E-state index contributed by atoms with van der Waals surface area (Å²) in [7, 11) is 0. The average molecular weight is 416 g/mol. The van der Waals surface area contributed by atoms with E-state index in [1.54, 1.807) is 24.3 Å². The van der Waals surface area contributed by atoms with Gasteiger partial charge in [-0.3, -0.25) is 4.79 Å². The Labute approximate surface area is 170 Å². The molecule has 2 heterocycles. The van der Waals surface area contributed by atoms with E-state index in [0.29, 0.717) is 17.6 Å². The Kier molecular flexibility index (Phi) is 7.11. The van der Waals surface area contributed by atoms with E-state index in [4.69, 9.17) is 4.74 Å². The first-order valence-corrected chi connectivity index (χ1v) is 10.4. The third-order valence-electron chi connectivity index (χ3n) is 3.85. The highest BCUT2D eigenvalue weighted by molar-refractivity contribution is 7.12. The smallest absolute Gasteiger partial charge is 0.340 e. The molecule has 3 rings (SSSR count). The Balaban J connectivity index is 1.53. The van der Waals surface area contributed by atoms with Crippen molar-refractivity contribution in [3.05, 3.63) is 80.4 Å². The molecule has 0 aliphatic carbocycles. The van der Waals surface area contributed by atoms with Crippen molar-refractivity contribution in [3.8, 4) is 0 Å². The van der Waals surface area contributed by atoms with Crippen LogP contribution in [0.1, 0.15) is 15.3 Å². The largest absolute Gasteiger partial charge is 0.452 e. The molecule has 28 heavy (non-hydrogen) atoms. The van der Waals surface area contributed by atoms with Gasteiger partial charge < -0.3 is 10.1 Å². The lowest BCUT2D eigenvalue weighted by Gasteiger charge is -2.08. The van der Waals surface area contributed by atoms with E-state index >= 15 is 0 Å². The third kappa shape index (κ3) is 5.61. The van der Waals surface area contributed by atoms with Gasteiger partial charge in [0.1, 0.15) is 5.82 Å². The summed E-state index contributed by atoms with van der Waals surface area (Å²) in [4.78, 5) is 26.2. The Hall–Kier alpha value is -2.77. The molecule has 0 bridgehead atoms. The molecule has 0 aliphatic rings. The van der Waals surface area contributed by atoms with Crippen molar-refractivity contribution < 1.29 is 18.7 Å². The van der Waals surface area contributed by atoms with Gasteiger partial charge in [0.25, 0.3) is 5.91 Å². The maximum absolute atomic E-state index is 13.6. The fourth-order valence-corrected chi connectivity index (χ4v) is 3.86. The minimum atomic E-state index is -0.555. The summed E-state index contributed by atoms with van der Waals surface area (Å²) in [6.45, 7) is -0.122. The van der Waals surface area contributed by atoms with Gasteiger partial charge in [-0.05, 0) is 47.0 Å². The quantitative estimate of drug-likeness (QED) is 0.438. The molecule has 0 radical (unpaired) electrons. The van der Waals surface area contributed by atoms with Crippen molar-refractivity contribution in [1.82, 2.24) is 5.32 Å². The Morgan fingerprint density at radius 2 is 1.82 bits per heavy atom. The molecule has 1 aromatic carbocycles. The first-order chi connectivity index (χ1) is 13.6. The van der Waals surface area contributed by atoms with E-state index in [1.165, 1.54) is 28.7 Å². The van der Waals surface area contributed by atoms with Gasteiger partial charge in [0, 0.05) is 16.3 Å². The van der Waals surface area contributed by atoms with E-state index in [-0.39, 0.29) is 19.0 Å². The van der Waals surface area contributed by atoms with E-state index in [9.17, 15) is 14.0 Å². The number of thiophene rings is 2. The lowest BCUT2D eigenvalue weighted by Crippen LogP contribution is -2.30. The molecule has 2 aromatic heterocycles. The van der Waals surface area contributed by atoms with Gasteiger partial charge in [-0.25, -0.2) is 9.18 Å². The van der Waals surface area contributed by atoms with Crippen LogP contribution in [-0.2, 0) is 20.7 Å². The van der Waals surface area contributed by atoms with Gasteiger partial charge in [-0.2, -0.15) is 0 Å². The zero-order valence-electron chi connectivity index (χ0n) is 14.9. The second-order valence-corrected chi connectivity index (χ2v) is 7.75. The zero-order valence-corrected chi connectivity index (χ0v) is 16.5. The lowest BCUT2D eigenvalue weighted by atomic mass is 10.1. The third-order valence-corrected chi connectivity index (χ3v) is 5.57. The number of esters is 1. The standard InChI is InChI=1S/C21H18FNO3S2/c22-18-7-2-1-5-15(18)9-10-23-20(24)14-26-21(25)17(19-8-4-12-28-19)13-16-6-3-11-27-16/h1-8,11-13H,9-10,14H2,(H,23,24)/b17-13+. The van der Waals surface area contributed by atoms with Gasteiger partial charge in [-0.1, -0.05) is 30.3 Å². The molecule has 0 spiro atoms. The normalized spacial score (nSPS) is 11.2. The minimum absolute atomic E-state index is 0.264. The highest BCUT2D eigenvalue weighted by Crippen LogP contribution is 2.25. The SMILES string of the molecule is O=C(COC(=O)/C(=C/c1cccs1)c1cccs1)NCCc1ccccc1F. The molecule has 0 unspecified atom stereocenters. The summed E-state index contributed by atoms with van der Waals surface area (Å²) in [6, 6.07) is 13.9. The Morgan fingerprint density at radius 3 is 2.54 bits per heavy atom. The maximum atomic E-state index is 13.6. The van der Waals surface area contributed by atoms with Crippen LogP contribution in [0.3, 0.4) is 0 Å². The van der Waals surface area contributed by atoms with Crippen molar-refractivity contribution in [3.63, 3.8) is 0 Å². The summed E-state index contributed by atoms with van der Waals surface area (Å²) in [5.41, 5.74) is 0.940. The summed E-state index contributed by atoms with van der Waals surface area (Å²) < 4.78 is 18.7. The number of hydrogen-bond acceptors (Lipinski definition) is 5. The number of ether oxygens (including phenoxy) is 1. The molecule has 3 aromatic rings. The maximum Gasteiger partial charge on any atom is 0.340 e. The summed E-state index contributed by atoms with van der Waals surface area (Å²) >= 11 is 2.94. The fourth-order valence-electron chi connectivity index (χ4n) is 2.48. The van der Waals surface area contributed by atoms with Crippen LogP contribution in [0, 0.1) is 5.82 Å². The molecule has 0 aliphatic heterocycles. The number of rotatable bonds is 8. The van der Waals surface area contributed by atoms with Crippen LogP contribution >= 0.6 is 22.7 Å². The van der Waals surface area contributed by atoms with Crippen LogP contribution in [0.4, 0.5) is 4.39 Å². The molecular weight excluding hydrogens is 397 g/mol. The van der Waals surface area contributed by atoms with E-state index in [0.717, 1.165) is 9.75 Å². The average Bonchev–Trinajstić information content (AvgIpc) is 3.39. The highest BCUT2D eigenvalue weighted by Gasteiger charge is 2.16. The van der Waals surface area contributed by atoms with Gasteiger partial charge in [0.15, 0.2) is 6.61 Å². The van der Waals surface area contributed by atoms with Crippen molar-refractivity contribution >= 4 is 46.2 Å². The Bertz CT molecular complexity index is 950. The minimum Gasteiger partial charge on any atom is -0.452 e. The van der Waals surface area contributed by atoms with Crippen LogP contribution in [0.2, 0.25) is 0 Å². The van der Waals surface area contributed by atoms with Crippen LogP contribution in [0.15, 0.2) is 59.3 Å². The number of nitrogens with one attached hydrogen (secondary N) is 1. The van der Waals surface area contributed by atoms with Crippen LogP contribution in [0.5, 0.6) is 0 Å². The number of benzene rings is 1. The fraction of sp³-hybridized carbons (Fsp3) is 0.143. The molecule has 0 saturated carbocycles. The lowest BCUT2D eigenvalue weighted by molar-refractivity contribution is -0.142. The molecule has 1 N–H and O–H groups in total. The van der Waals surface area contributed by atoms with Crippen LogP contribution < -0.4 is 5.32 Å². The van der Waals surface area contributed by atoms with Crippen molar-refractivity contribution in [1.29, 1.82) is 0 Å². The predicted molar refractivity (Wildman–Crippen MR) is 111 cm³/mol. The van der Waals surface area contributed by atoms with Gasteiger partial charge in [0.2, 0.25) is 0 Å². The first kappa shape index (κ1) is 20.0. The summed E-state index contributed by atoms with van der Waals surface area (Å²) in [6.07, 6.45) is 2.13. The first-order valence-electron chi connectivity index (χ1n) is 8.60. The van der Waals surface area contributed by atoms with Crippen molar-refractivity contribution in [2.45, 2.75) is 6.42 Å². The number of carbonyl (C=O) groups excluding carboxylic acids is 2. The molecule has 7 heteroatoms. The molecule has 1 amide bonds. The van der Waals surface area contributed by atoms with E-state index < -0.39 is 11.9 Å². The number of hydrogen-bond donors (Lipinski definition) is 1. The van der Waals surface area contributed by atoms with E-state index in [2.05, 4.69) is 5.32 Å². The molecule has 144 valence electrons. The van der Waals surface area contributed by atoms with Crippen molar-refractivity contribution in [2.24, 2.45) is 0 Å². The number of carbonyl (C=O) groups is 2. The number of halogens is 1. The van der Waals surface area contributed by atoms with Crippen LogP contribution in [-0.4, -0.2) is 25.0 Å². The monoisotopic (exact) mass is 415 g/mol. The Morgan fingerprint density at radius 1 is 1.04 bits per heavy atom. The molecular formula is C21H18FNO3S2. The summed E-state index contributed by atoms with van der Waals surface area (Å²) in [5.74, 6) is -1.28. The van der Waals surface area contributed by atoms with Gasteiger partial charge in [0.05, 0.1) is 5.57 Å². The van der Waals surface area contributed by atoms with Crippen LogP contribution in [0.25, 0.3) is 11.6 Å². The topological polar surface area (TPSA) is 55.4 Å². The van der Waals surface area contributed by atoms with Gasteiger partial charge in [-0.15, -0.1) is 22.7 Å². The predicted octanol–water partition coefficient (Wildman–Crippen LogP) is 4.39. The number of amides is 1. The molecule has 0 saturated heterocycles. The second kappa shape index (κ2) is 9.96. The van der Waals surface area contributed by atoms with E-state index in [1.807, 2.05) is 35.0 Å². The van der Waals surface area contributed by atoms with Crippen molar-refractivity contribution in [2.75, 3.05) is 13.2 Å². The highest BCUT2D eigenvalue weighted by atomic mass is 32.1. The second-order valence-electron chi connectivity index (χ2n) is 5.82. The molecule has 0 fully saturated rings. The molecule has 0 atom stereocenters. The van der Waals surface area contributed by atoms with Gasteiger partial charge >= 0.3 is 5.97 Å². The molecule has 4 nitrogen and oxygen atoms in total.